The molecule has 154 valence electrons. The summed E-state index contributed by atoms with van der Waals surface area (Å²) in [5.41, 5.74) is 2.00. The predicted octanol–water partition coefficient (Wildman–Crippen LogP) is 3.04. The fourth-order valence-electron chi connectivity index (χ4n) is 4.24. The molecule has 0 bridgehead atoms. The Morgan fingerprint density at radius 3 is 2.57 bits per heavy atom. The van der Waals surface area contributed by atoms with Gasteiger partial charge < -0.3 is 4.90 Å². The van der Waals surface area contributed by atoms with Crippen molar-refractivity contribution < 1.29 is 0 Å². The van der Waals surface area contributed by atoms with Gasteiger partial charge in [0.05, 0.1) is 17.4 Å². The zero-order valence-electron chi connectivity index (χ0n) is 16.8. The zero-order valence-corrected chi connectivity index (χ0v) is 17.6. The quantitative estimate of drug-likeness (QED) is 0.506. The van der Waals surface area contributed by atoms with Crippen LogP contribution < -0.4 is 10.5 Å². The van der Waals surface area contributed by atoms with Crippen molar-refractivity contribution in [1.29, 1.82) is 0 Å². The molecule has 0 saturated carbocycles. The van der Waals surface area contributed by atoms with Gasteiger partial charge in [-0.2, -0.15) is 0 Å². The second-order valence-corrected chi connectivity index (χ2v) is 8.00. The van der Waals surface area contributed by atoms with Crippen LogP contribution in [0.4, 0.5) is 5.69 Å². The molecule has 0 N–H and O–H groups in total. The largest absolute Gasteiger partial charge is 0.369 e. The summed E-state index contributed by atoms with van der Waals surface area (Å²) in [6.07, 6.45) is 0. The monoisotopic (exact) mass is 422 g/mol. The first-order chi connectivity index (χ1) is 14.7. The summed E-state index contributed by atoms with van der Waals surface area (Å²) in [4.78, 5) is 17.6. The van der Waals surface area contributed by atoms with Crippen LogP contribution in [0, 0.1) is 0 Å². The normalized spacial score (nSPS) is 15.3. The van der Waals surface area contributed by atoms with E-state index in [-0.39, 0.29) is 5.56 Å². The molecule has 3 heterocycles. The fourth-order valence-corrected chi connectivity index (χ4v) is 4.42. The number of benzene rings is 2. The number of halogens is 1. The predicted molar refractivity (Wildman–Crippen MR) is 119 cm³/mol. The smallest absolute Gasteiger partial charge is 0.262 e. The van der Waals surface area contributed by atoms with Gasteiger partial charge in [0.25, 0.3) is 5.56 Å². The highest BCUT2D eigenvalue weighted by molar-refractivity contribution is 6.30. The van der Waals surface area contributed by atoms with Gasteiger partial charge in [-0.1, -0.05) is 29.8 Å². The molecule has 4 aromatic rings. The lowest BCUT2D eigenvalue weighted by molar-refractivity contribution is 0.243. The molecule has 30 heavy (non-hydrogen) atoms. The number of aryl methyl sites for hydroxylation is 1. The highest BCUT2D eigenvalue weighted by Gasteiger charge is 2.21. The van der Waals surface area contributed by atoms with Gasteiger partial charge in [0.2, 0.25) is 5.78 Å². The lowest BCUT2D eigenvalue weighted by atomic mass is 10.2. The Morgan fingerprint density at radius 2 is 1.80 bits per heavy atom. The number of hydrogen-bond donors (Lipinski definition) is 0. The standard InChI is InChI=1S/C22H23ClN6O/c1-2-28-21(30)18-8-3-4-9-19(18)29-20(24-25-22(28)29)15-26-10-12-27(13-11-26)17-7-5-6-16(23)14-17/h3-9,14H,2,10-13,15H2,1H3. The number of rotatable bonds is 4. The lowest BCUT2D eigenvalue weighted by Crippen LogP contribution is -2.46. The van der Waals surface area contributed by atoms with E-state index < -0.39 is 0 Å². The van der Waals surface area contributed by atoms with E-state index in [4.69, 9.17) is 11.6 Å². The molecule has 0 aliphatic carbocycles. The summed E-state index contributed by atoms with van der Waals surface area (Å²) in [5.74, 6) is 1.47. The molecule has 0 spiro atoms. The van der Waals surface area contributed by atoms with Crippen molar-refractivity contribution in [3.05, 3.63) is 69.7 Å². The summed E-state index contributed by atoms with van der Waals surface area (Å²) in [6, 6.07) is 15.7. The average Bonchev–Trinajstić information content (AvgIpc) is 3.18. The topological polar surface area (TPSA) is 58.7 Å². The van der Waals surface area contributed by atoms with Crippen molar-refractivity contribution in [3.8, 4) is 0 Å². The molecule has 2 aromatic heterocycles. The number of anilines is 1. The molecule has 0 atom stereocenters. The molecule has 0 radical (unpaired) electrons. The zero-order chi connectivity index (χ0) is 20.7. The van der Waals surface area contributed by atoms with Crippen LogP contribution in [-0.4, -0.2) is 50.2 Å². The Bertz CT molecular complexity index is 1270. The average molecular weight is 423 g/mol. The Balaban J connectivity index is 1.43. The Morgan fingerprint density at radius 1 is 1.00 bits per heavy atom. The van der Waals surface area contributed by atoms with Gasteiger partial charge in [0.15, 0.2) is 5.82 Å². The number of fused-ring (bicyclic) bond motifs is 3. The van der Waals surface area contributed by atoms with Gasteiger partial charge in [0, 0.05) is 43.4 Å². The number of piperazine rings is 1. The molecule has 1 fully saturated rings. The molecular formula is C22H23ClN6O. The molecule has 0 amide bonds. The third-order valence-electron chi connectivity index (χ3n) is 5.80. The maximum absolute atomic E-state index is 12.8. The minimum absolute atomic E-state index is 0.0188. The van der Waals surface area contributed by atoms with E-state index in [2.05, 4.69) is 26.1 Å². The molecule has 8 heteroatoms. The van der Waals surface area contributed by atoms with Crippen molar-refractivity contribution in [1.82, 2.24) is 24.1 Å². The van der Waals surface area contributed by atoms with Gasteiger partial charge in [-0.15, -0.1) is 10.2 Å². The van der Waals surface area contributed by atoms with Crippen LogP contribution in [0.25, 0.3) is 16.7 Å². The SMILES string of the molecule is CCn1c(=O)c2ccccc2n2c(CN3CCN(c4cccc(Cl)c4)CC3)nnc12. The van der Waals surface area contributed by atoms with Crippen LogP contribution in [0.3, 0.4) is 0 Å². The van der Waals surface area contributed by atoms with Crippen LogP contribution in [0.5, 0.6) is 0 Å². The molecule has 1 saturated heterocycles. The van der Waals surface area contributed by atoms with Gasteiger partial charge in [0.1, 0.15) is 0 Å². The summed E-state index contributed by atoms with van der Waals surface area (Å²) < 4.78 is 3.72. The van der Waals surface area contributed by atoms with Crippen LogP contribution in [0.2, 0.25) is 5.02 Å². The highest BCUT2D eigenvalue weighted by atomic mass is 35.5. The second-order valence-electron chi connectivity index (χ2n) is 7.56. The van der Waals surface area contributed by atoms with Crippen molar-refractivity contribution in [3.63, 3.8) is 0 Å². The molecule has 1 aliphatic heterocycles. The Kier molecular flexibility index (Phi) is 4.92. The number of para-hydroxylation sites is 1. The molecule has 0 unspecified atom stereocenters. The maximum atomic E-state index is 12.8. The van der Waals surface area contributed by atoms with E-state index in [1.165, 1.54) is 0 Å². The third kappa shape index (κ3) is 3.24. The van der Waals surface area contributed by atoms with Crippen LogP contribution in [-0.2, 0) is 13.1 Å². The molecule has 5 rings (SSSR count). The first kappa shape index (κ1) is 19.1. The van der Waals surface area contributed by atoms with E-state index >= 15 is 0 Å². The van der Waals surface area contributed by atoms with E-state index in [0.717, 1.165) is 48.2 Å². The minimum Gasteiger partial charge on any atom is -0.369 e. The van der Waals surface area contributed by atoms with Crippen LogP contribution >= 0.6 is 11.6 Å². The Labute approximate surface area is 179 Å². The van der Waals surface area contributed by atoms with Crippen molar-refractivity contribution in [2.24, 2.45) is 0 Å². The Hall–Kier alpha value is -2.90. The van der Waals surface area contributed by atoms with Gasteiger partial charge in [-0.05, 0) is 37.3 Å². The number of aromatic nitrogens is 4. The molecule has 1 aliphatic rings. The van der Waals surface area contributed by atoms with Crippen molar-refractivity contribution in [2.75, 3.05) is 31.1 Å². The van der Waals surface area contributed by atoms with Crippen LogP contribution in [0.1, 0.15) is 12.7 Å². The number of hydrogen-bond acceptors (Lipinski definition) is 5. The summed E-state index contributed by atoms with van der Waals surface area (Å²) >= 11 is 6.15. The lowest BCUT2D eigenvalue weighted by Gasteiger charge is -2.35. The third-order valence-corrected chi connectivity index (χ3v) is 6.04. The van der Waals surface area contributed by atoms with E-state index in [1.54, 1.807) is 4.57 Å². The van der Waals surface area contributed by atoms with Crippen LogP contribution in [0.15, 0.2) is 53.3 Å². The van der Waals surface area contributed by atoms with Gasteiger partial charge in [-0.25, -0.2) is 0 Å². The maximum Gasteiger partial charge on any atom is 0.262 e. The molecular weight excluding hydrogens is 400 g/mol. The van der Waals surface area contributed by atoms with E-state index in [0.29, 0.717) is 24.3 Å². The van der Waals surface area contributed by atoms with E-state index in [9.17, 15) is 4.79 Å². The summed E-state index contributed by atoms with van der Waals surface area (Å²) in [5, 5.41) is 10.3. The highest BCUT2D eigenvalue weighted by Crippen LogP contribution is 2.22. The van der Waals surface area contributed by atoms with Crippen molar-refractivity contribution in [2.45, 2.75) is 20.0 Å². The fraction of sp³-hybridized carbons (Fsp3) is 0.318. The minimum atomic E-state index is -0.0188. The first-order valence-electron chi connectivity index (χ1n) is 10.2. The second kappa shape index (κ2) is 7.74. The van der Waals surface area contributed by atoms with E-state index in [1.807, 2.05) is 53.8 Å². The molecule has 7 nitrogen and oxygen atoms in total. The first-order valence-corrected chi connectivity index (χ1v) is 10.6. The summed E-state index contributed by atoms with van der Waals surface area (Å²) in [7, 11) is 0. The summed E-state index contributed by atoms with van der Waals surface area (Å²) in [6.45, 7) is 6.91. The van der Waals surface area contributed by atoms with Crippen molar-refractivity contribution >= 4 is 34.0 Å². The molecule has 2 aromatic carbocycles. The van der Waals surface area contributed by atoms with Gasteiger partial charge >= 0.3 is 0 Å². The van der Waals surface area contributed by atoms with Gasteiger partial charge in [-0.3, -0.25) is 18.7 Å². The number of nitrogens with zero attached hydrogens (tertiary/aromatic N) is 6.